The molecule has 1 amide bonds. The number of benzene rings is 1. The van der Waals surface area contributed by atoms with Gasteiger partial charge in [0.05, 0.1) is 10.5 Å². The van der Waals surface area contributed by atoms with Crippen LogP contribution < -0.4 is 4.72 Å². The SMILES string of the molecule is O=C(c1ccsc1)N1CC2CC1CC2NS(=O)(=O)c1ccccc1. The molecule has 7 heteroatoms. The second-order valence-corrected chi connectivity index (χ2v) is 8.89. The molecule has 2 heterocycles. The van der Waals surface area contributed by atoms with E-state index in [9.17, 15) is 13.2 Å². The summed E-state index contributed by atoms with van der Waals surface area (Å²) in [5.41, 5.74) is 0.731. The Balaban J connectivity index is 1.45. The number of rotatable bonds is 4. The van der Waals surface area contributed by atoms with Gasteiger partial charge < -0.3 is 4.90 Å². The molecule has 1 N–H and O–H groups in total. The van der Waals surface area contributed by atoms with Gasteiger partial charge in [0, 0.05) is 24.0 Å². The molecule has 5 nitrogen and oxygen atoms in total. The molecular formula is C17H18N2O3S2. The minimum absolute atomic E-state index is 0.0631. The molecule has 2 fully saturated rings. The third-order valence-corrected chi connectivity index (χ3v) is 7.12. The molecule has 1 aliphatic heterocycles. The normalized spacial score (nSPS) is 26.0. The van der Waals surface area contributed by atoms with E-state index in [0.29, 0.717) is 17.9 Å². The number of carbonyl (C=O) groups excluding carboxylic acids is 1. The van der Waals surface area contributed by atoms with Crippen molar-refractivity contribution in [3.8, 4) is 0 Å². The fraction of sp³-hybridized carbons (Fsp3) is 0.353. The zero-order valence-electron chi connectivity index (χ0n) is 13.0. The number of nitrogens with one attached hydrogen (secondary N) is 1. The number of amides is 1. The maximum Gasteiger partial charge on any atom is 0.254 e. The van der Waals surface area contributed by atoms with Crippen molar-refractivity contribution >= 4 is 27.3 Å². The van der Waals surface area contributed by atoms with Crippen molar-refractivity contribution in [2.24, 2.45) is 5.92 Å². The van der Waals surface area contributed by atoms with E-state index in [-0.39, 0.29) is 23.9 Å². The Kier molecular flexibility index (Phi) is 3.94. The largest absolute Gasteiger partial charge is 0.335 e. The standard InChI is InChI=1S/C17H18N2O3S2/c20-17(12-6-7-23-11-12)19-10-13-8-14(19)9-16(13)18-24(21,22)15-4-2-1-3-5-15/h1-7,11,13-14,16,18H,8-10H2. The van der Waals surface area contributed by atoms with Crippen LogP contribution in [-0.4, -0.2) is 37.9 Å². The van der Waals surface area contributed by atoms with E-state index in [2.05, 4.69) is 4.72 Å². The van der Waals surface area contributed by atoms with Crippen LogP contribution in [0.3, 0.4) is 0 Å². The molecule has 1 aromatic carbocycles. The first kappa shape index (κ1) is 15.8. The van der Waals surface area contributed by atoms with Gasteiger partial charge in [-0.25, -0.2) is 13.1 Å². The molecule has 24 heavy (non-hydrogen) atoms. The molecule has 2 aromatic rings. The highest BCUT2D eigenvalue weighted by atomic mass is 32.2. The maximum atomic E-state index is 12.5. The highest BCUT2D eigenvalue weighted by Gasteiger charge is 2.47. The Morgan fingerprint density at radius 1 is 1.17 bits per heavy atom. The van der Waals surface area contributed by atoms with Gasteiger partial charge in [0.25, 0.3) is 5.91 Å². The Bertz CT molecular complexity index is 834. The fourth-order valence-corrected chi connectivity index (χ4v) is 5.73. The molecule has 4 rings (SSSR count). The third kappa shape index (κ3) is 2.76. The Morgan fingerprint density at radius 2 is 1.96 bits per heavy atom. The number of piperidine rings is 1. The number of thiophene rings is 1. The molecule has 1 aliphatic carbocycles. The van der Waals surface area contributed by atoms with Gasteiger partial charge in [-0.1, -0.05) is 18.2 Å². The molecule has 0 spiro atoms. The third-order valence-electron chi connectivity index (χ3n) is 4.93. The Hall–Kier alpha value is -1.70. The lowest BCUT2D eigenvalue weighted by molar-refractivity contribution is 0.0692. The lowest BCUT2D eigenvalue weighted by atomic mass is 10.0. The molecular weight excluding hydrogens is 344 g/mol. The van der Waals surface area contributed by atoms with E-state index < -0.39 is 10.0 Å². The lowest BCUT2D eigenvalue weighted by Crippen LogP contribution is -2.47. The van der Waals surface area contributed by atoms with E-state index >= 15 is 0 Å². The summed E-state index contributed by atoms with van der Waals surface area (Å²) in [6, 6.07) is 10.3. The first-order valence-electron chi connectivity index (χ1n) is 7.95. The molecule has 2 aliphatic rings. The van der Waals surface area contributed by atoms with Gasteiger partial charge in [0.2, 0.25) is 10.0 Å². The van der Waals surface area contributed by atoms with E-state index in [1.54, 1.807) is 30.3 Å². The number of carbonyl (C=O) groups is 1. The van der Waals surface area contributed by atoms with Crippen molar-refractivity contribution in [2.45, 2.75) is 29.8 Å². The van der Waals surface area contributed by atoms with Crippen molar-refractivity contribution in [3.05, 3.63) is 52.7 Å². The summed E-state index contributed by atoms with van der Waals surface area (Å²) < 4.78 is 27.8. The Morgan fingerprint density at radius 3 is 2.58 bits per heavy atom. The van der Waals surface area contributed by atoms with Crippen LogP contribution >= 0.6 is 11.3 Å². The summed E-state index contributed by atoms with van der Waals surface area (Å²) in [4.78, 5) is 14.7. The fourth-order valence-electron chi connectivity index (χ4n) is 3.77. The first-order chi connectivity index (χ1) is 11.5. The van der Waals surface area contributed by atoms with E-state index in [4.69, 9.17) is 0 Å². The number of hydrogen-bond donors (Lipinski definition) is 1. The van der Waals surface area contributed by atoms with E-state index in [1.165, 1.54) is 11.3 Å². The van der Waals surface area contributed by atoms with Gasteiger partial charge >= 0.3 is 0 Å². The second kappa shape index (κ2) is 5.98. The van der Waals surface area contributed by atoms with Crippen LogP contribution in [0, 0.1) is 5.92 Å². The average molecular weight is 362 g/mol. The summed E-state index contributed by atoms with van der Waals surface area (Å²) >= 11 is 1.51. The highest BCUT2D eigenvalue weighted by Crippen LogP contribution is 2.39. The number of likely N-dealkylation sites (tertiary alicyclic amines) is 1. The highest BCUT2D eigenvalue weighted by molar-refractivity contribution is 7.89. The molecule has 0 radical (unpaired) electrons. The van der Waals surface area contributed by atoms with Gasteiger partial charge in [-0.15, -0.1) is 0 Å². The number of hydrogen-bond acceptors (Lipinski definition) is 4. The van der Waals surface area contributed by atoms with Crippen molar-refractivity contribution in [1.29, 1.82) is 0 Å². The van der Waals surface area contributed by atoms with Crippen molar-refractivity contribution < 1.29 is 13.2 Å². The second-order valence-electron chi connectivity index (χ2n) is 6.40. The van der Waals surface area contributed by atoms with Crippen LogP contribution in [-0.2, 0) is 10.0 Å². The van der Waals surface area contributed by atoms with Gasteiger partial charge in [-0.2, -0.15) is 11.3 Å². The summed E-state index contributed by atoms with van der Waals surface area (Å²) in [6.45, 7) is 0.626. The van der Waals surface area contributed by atoms with Gasteiger partial charge in [-0.3, -0.25) is 4.79 Å². The van der Waals surface area contributed by atoms with E-state index in [1.807, 2.05) is 21.7 Å². The summed E-state index contributed by atoms with van der Waals surface area (Å²) in [7, 11) is -3.50. The van der Waals surface area contributed by atoms with Crippen LogP contribution in [0.5, 0.6) is 0 Å². The molecule has 1 saturated heterocycles. The number of nitrogens with zero attached hydrogens (tertiary/aromatic N) is 1. The molecule has 2 bridgehead atoms. The first-order valence-corrected chi connectivity index (χ1v) is 10.4. The van der Waals surface area contributed by atoms with Gasteiger partial charge in [0.1, 0.15) is 0 Å². The predicted octanol–water partition coefficient (Wildman–Crippen LogP) is 2.33. The lowest BCUT2D eigenvalue weighted by Gasteiger charge is -2.31. The number of fused-ring (bicyclic) bond motifs is 2. The molecule has 1 aromatic heterocycles. The molecule has 3 unspecified atom stereocenters. The van der Waals surface area contributed by atoms with E-state index in [0.717, 1.165) is 12.0 Å². The molecule has 3 atom stereocenters. The topological polar surface area (TPSA) is 66.5 Å². The summed E-state index contributed by atoms with van der Waals surface area (Å²) in [5.74, 6) is 0.254. The quantitative estimate of drug-likeness (QED) is 0.908. The van der Waals surface area contributed by atoms with Crippen molar-refractivity contribution in [3.63, 3.8) is 0 Å². The predicted molar refractivity (Wildman–Crippen MR) is 92.4 cm³/mol. The summed E-state index contributed by atoms with van der Waals surface area (Å²) in [6.07, 6.45) is 1.56. The minimum Gasteiger partial charge on any atom is -0.335 e. The molecule has 1 saturated carbocycles. The minimum atomic E-state index is -3.50. The van der Waals surface area contributed by atoms with Gasteiger partial charge in [-0.05, 0) is 42.3 Å². The average Bonchev–Trinajstić information content (AvgIpc) is 3.31. The Labute approximate surface area is 145 Å². The van der Waals surface area contributed by atoms with Crippen LogP contribution in [0.25, 0.3) is 0 Å². The van der Waals surface area contributed by atoms with Crippen LogP contribution in [0.15, 0.2) is 52.1 Å². The summed E-state index contributed by atoms with van der Waals surface area (Å²) in [5, 5.41) is 3.77. The van der Waals surface area contributed by atoms with Crippen LogP contribution in [0.1, 0.15) is 23.2 Å². The zero-order chi connectivity index (χ0) is 16.7. The molecule has 126 valence electrons. The monoisotopic (exact) mass is 362 g/mol. The maximum absolute atomic E-state index is 12.5. The van der Waals surface area contributed by atoms with Crippen molar-refractivity contribution in [2.75, 3.05) is 6.54 Å². The smallest absolute Gasteiger partial charge is 0.254 e. The zero-order valence-corrected chi connectivity index (χ0v) is 14.6. The van der Waals surface area contributed by atoms with Crippen LogP contribution in [0.4, 0.5) is 0 Å². The van der Waals surface area contributed by atoms with Gasteiger partial charge in [0.15, 0.2) is 0 Å². The van der Waals surface area contributed by atoms with Crippen molar-refractivity contribution in [1.82, 2.24) is 9.62 Å². The van der Waals surface area contributed by atoms with Crippen LogP contribution in [0.2, 0.25) is 0 Å². The number of sulfonamides is 1.